The number of aromatic nitrogens is 1. The number of anilines is 1. The Hall–Kier alpha value is -2.34. The Morgan fingerprint density at radius 2 is 2.07 bits per heavy atom. The SMILES string of the molecule is COc1ccccc1CCNCc1cc2ccc(Cl)cc2nc1N1CCCC(O)C1. The first kappa shape index (κ1) is 20.9. The van der Waals surface area contributed by atoms with Gasteiger partial charge in [-0.05, 0) is 55.6 Å². The molecule has 2 aromatic carbocycles. The highest BCUT2D eigenvalue weighted by atomic mass is 35.5. The third kappa shape index (κ3) is 4.86. The van der Waals surface area contributed by atoms with Crippen molar-refractivity contribution in [3.8, 4) is 5.75 Å². The Balaban J connectivity index is 1.52. The molecule has 4 rings (SSSR count). The van der Waals surface area contributed by atoms with E-state index in [9.17, 15) is 5.11 Å². The predicted molar refractivity (Wildman–Crippen MR) is 123 cm³/mol. The molecule has 1 unspecified atom stereocenters. The van der Waals surface area contributed by atoms with Gasteiger partial charge in [-0.25, -0.2) is 4.98 Å². The third-order valence-corrected chi connectivity index (χ3v) is 5.85. The number of benzene rings is 2. The molecular formula is C24H28ClN3O2. The maximum Gasteiger partial charge on any atom is 0.133 e. The molecule has 1 atom stereocenters. The Bertz CT molecular complexity index is 1010. The number of hydrogen-bond donors (Lipinski definition) is 2. The highest BCUT2D eigenvalue weighted by Crippen LogP contribution is 2.28. The Kier molecular flexibility index (Phi) is 6.72. The van der Waals surface area contributed by atoms with Gasteiger partial charge in [0, 0.05) is 35.6 Å². The number of aliphatic hydroxyl groups excluding tert-OH is 1. The molecule has 1 aromatic heterocycles. The fourth-order valence-corrected chi connectivity index (χ4v) is 4.25. The van der Waals surface area contributed by atoms with Gasteiger partial charge in [-0.3, -0.25) is 0 Å². The molecular weight excluding hydrogens is 398 g/mol. The predicted octanol–water partition coefficient (Wildman–Crippen LogP) is 4.19. The number of halogens is 1. The van der Waals surface area contributed by atoms with E-state index in [-0.39, 0.29) is 6.10 Å². The van der Waals surface area contributed by atoms with Crippen LogP contribution >= 0.6 is 11.6 Å². The van der Waals surface area contributed by atoms with Gasteiger partial charge in [-0.1, -0.05) is 35.9 Å². The summed E-state index contributed by atoms with van der Waals surface area (Å²) in [6.07, 6.45) is 2.40. The van der Waals surface area contributed by atoms with E-state index in [0.29, 0.717) is 18.1 Å². The van der Waals surface area contributed by atoms with Crippen LogP contribution in [0.15, 0.2) is 48.5 Å². The van der Waals surface area contributed by atoms with E-state index in [1.807, 2.05) is 36.4 Å². The lowest BCUT2D eigenvalue weighted by atomic mass is 10.1. The van der Waals surface area contributed by atoms with E-state index in [1.165, 1.54) is 5.56 Å². The summed E-state index contributed by atoms with van der Waals surface area (Å²) in [7, 11) is 1.71. The van der Waals surface area contributed by atoms with Crippen LogP contribution in [-0.4, -0.2) is 42.9 Å². The number of methoxy groups -OCH3 is 1. The monoisotopic (exact) mass is 425 g/mol. The van der Waals surface area contributed by atoms with Crippen LogP contribution in [0.3, 0.4) is 0 Å². The number of piperidine rings is 1. The Morgan fingerprint density at radius 3 is 2.90 bits per heavy atom. The van der Waals surface area contributed by atoms with Crippen LogP contribution in [0, 0.1) is 0 Å². The summed E-state index contributed by atoms with van der Waals surface area (Å²) in [4.78, 5) is 7.13. The van der Waals surface area contributed by atoms with Crippen LogP contribution in [0.1, 0.15) is 24.0 Å². The number of ether oxygens (including phenoxy) is 1. The minimum absolute atomic E-state index is 0.304. The van der Waals surface area contributed by atoms with Crippen LogP contribution in [0.5, 0.6) is 5.75 Å². The summed E-state index contributed by atoms with van der Waals surface area (Å²) in [6.45, 7) is 3.07. The van der Waals surface area contributed by atoms with E-state index in [1.54, 1.807) is 7.11 Å². The molecule has 0 spiro atoms. The maximum atomic E-state index is 10.2. The number of pyridine rings is 1. The van der Waals surface area contributed by atoms with Crippen molar-refractivity contribution >= 4 is 28.3 Å². The number of hydrogen-bond acceptors (Lipinski definition) is 5. The molecule has 0 amide bonds. The molecule has 0 radical (unpaired) electrons. The molecule has 30 heavy (non-hydrogen) atoms. The van der Waals surface area contributed by atoms with Crippen molar-refractivity contribution in [2.24, 2.45) is 0 Å². The summed E-state index contributed by atoms with van der Waals surface area (Å²) in [5.74, 6) is 1.86. The molecule has 5 nitrogen and oxygen atoms in total. The standard InChI is InChI=1S/C24H28ClN3O2/c1-30-23-7-3-2-5-17(23)10-11-26-15-19-13-18-8-9-20(25)14-22(18)27-24(19)28-12-4-6-21(29)16-28/h2-3,5,7-9,13-14,21,26,29H,4,6,10-12,15-16H2,1H3. The van der Waals surface area contributed by atoms with Gasteiger partial charge in [0.2, 0.25) is 0 Å². The van der Waals surface area contributed by atoms with Crippen molar-refractivity contribution < 1.29 is 9.84 Å². The van der Waals surface area contributed by atoms with E-state index in [4.69, 9.17) is 21.3 Å². The van der Waals surface area contributed by atoms with Gasteiger partial charge in [0.25, 0.3) is 0 Å². The first-order chi connectivity index (χ1) is 14.6. The van der Waals surface area contributed by atoms with Crippen LogP contribution in [-0.2, 0) is 13.0 Å². The molecule has 3 aromatic rings. The van der Waals surface area contributed by atoms with Gasteiger partial charge in [0.1, 0.15) is 11.6 Å². The summed E-state index contributed by atoms with van der Waals surface area (Å²) in [6, 6.07) is 16.1. The number of rotatable bonds is 7. The molecule has 0 bridgehead atoms. The molecule has 1 aliphatic heterocycles. The minimum atomic E-state index is -0.304. The number of para-hydroxylation sites is 1. The van der Waals surface area contributed by atoms with Gasteiger partial charge in [-0.15, -0.1) is 0 Å². The van der Waals surface area contributed by atoms with Crippen molar-refractivity contribution in [3.05, 3.63) is 64.7 Å². The lowest BCUT2D eigenvalue weighted by Gasteiger charge is -2.32. The number of β-amino-alcohol motifs (C(OH)–C–C–N with tert-alkyl or cyclic N) is 1. The topological polar surface area (TPSA) is 57.6 Å². The summed E-state index contributed by atoms with van der Waals surface area (Å²) in [5, 5.41) is 15.5. The lowest BCUT2D eigenvalue weighted by molar-refractivity contribution is 0.154. The normalized spacial score (nSPS) is 16.8. The van der Waals surface area contributed by atoms with Gasteiger partial charge in [0.15, 0.2) is 0 Å². The van der Waals surface area contributed by atoms with E-state index < -0.39 is 0 Å². The van der Waals surface area contributed by atoms with E-state index >= 15 is 0 Å². The molecule has 1 saturated heterocycles. The van der Waals surface area contributed by atoms with Crippen molar-refractivity contribution in [2.45, 2.75) is 31.9 Å². The Morgan fingerprint density at radius 1 is 1.20 bits per heavy atom. The molecule has 1 aliphatic rings. The second-order valence-electron chi connectivity index (χ2n) is 7.79. The zero-order valence-corrected chi connectivity index (χ0v) is 18.0. The number of aliphatic hydroxyl groups is 1. The molecule has 0 saturated carbocycles. The van der Waals surface area contributed by atoms with E-state index in [0.717, 1.165) is 60.4 Å². The molecule has 6 heteroatoms. The second kappa shape index (κ2) is 9.65. The zero-order chi connectivity index (χ0) is 20.9. The quantitative estimate of drug-likeness (QED) is 0.556. The van der Waals surface area contributed by atoms with Crippen molar-refractivity contribution in [1.29, 1.82) is 0 Å². The minimum Gasteiger partial charge on any atom is -0.496 e. The van der Waals surface area contributed by atoms with Crippen molar-refractivity contribution in [2.75, 3.05) is 31.6 Å². The fraction of sp³-hybridized carbons (Fsp3) is 0.375. The maximum absolute atomic E-state index is 10.2. The second-order valence-corrected chi connectivity index (χ2v) is 8.23. The van der Waals surface area contributed by atoms with Crippen LogP contribution in [0.4, 0.5) is 5.82 Å². The Labute approximate surface area is 182 Å². The summed E-state index contributed by atoms with van der Waals surface area (Å²) >= 11 is 6.19. The fourth-order valence-electron chi connectivity index (χ4n) is 4.08. The van der Waals surface area contributed by atoms with Gasteiger partial charge < -0.3 is 20.1 Å². The van der Waals surface area contributed by atoms with Gasteiger partial charge >= 0.3 is 0 Å². The smallest absolute Gasteiger partial charge is 0.133 e. The average Bonchev–Trinajstić information content (AvgIpc) is 2.76. The first-order valence-corrected chi connectivity index (χ1v) is 10.9. The largest absolute Gasteiger partial charge is 0.496 e. The molecule has 0 aliphatic carbocycles. The van der Waals surface area contributed by atoms with Crippen molar-refractivity contribution in [1.82, 2.24) is 10.3 Å². The van der Waals surface area contributed by atoms with Gasteiger partial charge in [0.05, 0.1) is 18.7 Å². The van der Waals surface area contributed by atoms with E-state index in [2.05, 4.69) is 22.3 Å². The zero-order valence-electron chi connectivity index (χ0n) is 17.3. The summed E-state index contributed by atoms with van der Waals surface area (Å²) < 4.78 is 5.45. The van der Waals surface area contributed by atoms with Crippen LogP contribution < -0.4 is 15.0 Å². The number of nitrogens with zero attached hydrogens (tertiary/aromatic N) is 2. The molecule has 158 valence electrons. The lowest BCUT2D eigenvalue weighted by Crippen LogP contribution is -2.39. The highest BCUT2D eigenvalue weighted by Gasteiger charge is 2.21. The van der Waals surface area contributed by atoms with Crippen LogP contribution in [0.25, 0.3) is 10.9 Å². The summed E-state index contributed by atoms with van der Waals surface area (Å²) in [5.41, 5.74) is 3.22. The molecule has 2 N–H and O–H groups in total. The first-order valence-electron chi connectivity index (χ1n) is 10.5. The van der Waals surface area contributed by atoms with Crippen molar-refractivity contribution in [3.63, 3.8) is 0 Å². The number of nitrogens with one attached hydrogen (secondary N) is 1. The highest BCUT2D eigenvalue weighted by molar-refractivity contribution is 6.31. The van der Waals surface area contributed by atoms with Crippen LogP contribution in [0.2, 0.25) is 5.02 Å². The number of fused-ring (bicyclic) bond motifs is 1. The average molecular weight is 426 g/mol. The van der Waals surface area contributed by atoms with Gasteiger partial charge in [-0.2, -0.15) is 0 Å². The third-order valence-electron chi connectivity index (χ3n) is 5.61. The molecule has 1 fully saturated rings. The molecule has 2 heterocycles.